The van der Waals surface area contributed by atoms with Crippen LogP contribution < -0.4 is 20.1 Å². The maximum Gasteiger partial charge on any atom is 0.411 e. The lowest BCUT2D eigenvalue weighted by molar-refractivity contribution is 0.0711. The lowest BCUT2D eigenvalue weighted by atomic mass is 9.92. The van der Waals surface area contributed by atoms with Crippen LogP contribution >= 0.6 is 0 Å². The minimum absolute atomic E-state index is 0.0818. The Morgan fingerprint density at radius 3 is 2.48 bits per heavy atom. The first-order valence-corrected chi connectivity index (χ1v) is 9.65. The average molecular weight is 398 g/mol. The average Bonchev–Trinajstić information content (AvgIpc) is 2.73. The standard InChI is InChI=1S/C22H26N2O5/c1-27-19-13-7-12-18(20(19)28-2)21(25)23-16-10-6-11-17(14-16)29-22(26)24-15-8-4-3-5-9-15/h3-5,7-9,12-13,16-17H,6,10-11,14H2,1-2H3,(H,23,25)(H,24,26)/t16-,17-/m0/s1. The predicted molar refractivity (Wildman–Crippen MR) is 110 cm³/mol. The Hall–Kier alpha value is -3.22. The monoisotopic (exact) mass is 398 g/mol. The molecule has 0 unspecified atom stereocenters. The third kappa shape index (κ3) is 5.40. The molecule has 2 atom stereocenters. The molecule has 2 aromatic rings. The second kappa shape index (κ2) is 9.82. The maximum atomic E-state index is 12.8. The fourth-order valence-electron chi connectivity index (χ4n) is 3.53. The van der Waals surface area contributed by atoms with Crippen molar-refractivity contribution in [2.45, 2.75) is 37.8 Å². The van der Waals surface area contributed by atoms with Crippen LogP contribution in [-0.4, -0.2) is 38.4 Å². The molecular formula is C22H26N2O5. The molecule has 7 heteroatoms. The fraction of sp³-hybridized carbons (Fsp3) is 0.364. The van der Waals surface area contributed by atoms with Crippen molar-refractivity contribution in [3.8, 4) is 11.5 Å². The summed E-state index contributed by atoms with van der Waals surface area (Å²) < 4.78 is 16.1. The van der Waals surface area contributed by atoms with Crippen molar-refractivity contribution in [1.29, 1.82) is 0 Å². The van der Waals surface area contributed by atoms with E-state index in [1.165, 1.54) is 14.2 Å². The highest BCUT2D eigenvalue weighted by Gasteiger charge is 2.27. The molecule has 2 N–H and O–H groups in total. The van der Waals surface area contributed by atoms with Gasteiger partial charge in [-0.15, -0.1) is 0 Å². The van der Waals surface area contributed by atoms with E-state index < -0.39 is 6.09 Å². The molecular weight excluding hydrogens is 372 g/mol. The second-order valence-corrected chi connectivity index (χ2v) is 6.90. The molecule has 0 saturated heterocycles. The lowest BCUT2D eigenvalue weighted by Crippen LogP contribution is -2.41. The number of methoxy groups -OCH3 is 2. The van der Waals surface area contributed by atoms with Gasteiger partial charge in [-0.25, -0.2) is 4.79 Å². The smallest absolute Gasteiger partial charge is 0.411 e. The molecule has 2 aromatic carbocycles. The molecule has 154 valence electrons. The van der Waals surface area contributed by atoms with Gasteiger partial charge >= 0.3 is 6.09 Å². The van der Waals surface area contributed by atoms with Gasteiger partial charge in [0.1, 0.15) is 6.10 Å². The van der Waals surface area contributed by atoms with E-state index in [0.29, 0.717) is 29.2 Å². The van der Waals surface area contributed by atoms with Gasteiger partial charge < -0.3 is 19.5 Å². The van der Waals surface area contributed by atoms with Gasteiger partial charge in [0.05, 0.1) is 19.8 Å². The highest BCUT2D eigenvalue weighted by Crippen LogP contribution is 2.31. The van der Waals surface area contributed by atoms with Gasteiger partial charge in [-0.3, -0.25) is 10.1 Å². The number of carbonyl (C=O) groups is 2. The first-order chi connectivity index (χ1) is 14.1. The van der Waals surface area contributed by atoms with E-state index in [1.807, 2.05) is 18.2 Å². The van der Waals surface area contributed by atoms with Crippen molar-refractivity contribution < 1.29 is 23.8 Å². The van der Waals surface area contributed by atoms with Gasteiger partial charge in [-0.1, -0.05) is 24.3 Å². The van der Waals surface area contributed by atoms with Crippen molar-refractivity contribution in [2.75, 3.05) is 19.5 Å². The van der Waals surface area contributed by atoms with Crippen molar-refractivity contribution >= 4 is 17.7 Å². The first kappa shape index (κ1) is 20.5. The number of rotatable bonds is 6. The molecule has 0 bridgehead atoms. The highest BCUT2D eigenvalue weighted by molar-refractivity contribution is 5.98. The topological polar surface area (TPSA) is 85.9 Å². The van der Waals surface area contributed by atoms with Crippen molar-refractivity contribution in [2.24, 2.45) is 0 Å². The molecule has 0 spiro atoms. The summed E-state index contributed by atoms with van der Waals surface area (Å²) in [6.07, 6.45) is 2.31. The molecule has 2 amide bonds. The molecule has 3 rings (SSSR count). The predicted octanol–water partition coefficient (Wildman–Crippen LogP) is 3.99. The molecule has 0 aromatic heterocycles. The Labute approximate surface area is 170 Å². The molecule has 1 aliphatic rings. The minimum atomic E-state index is -0.484. The van der Waals surface area contributed by atoms with Crippen LogP contribution in [0.2, 0.25) is 0 Å². The number of hydrogen-bond acceptors (Lipinski definition) is 5. The van der Waals surface area contributed by atoms with Crippen LogP contribution in [0.3, 0.4) is 0 Å². The van der Waals surface area contributed by atoms with E-state index in [2.05, 4.69) is 10.6 Å². The van der Waals surface area contributed by atoms with Crippen LogP contribution in [0.5, 0.6) is 11.5 Å². The third-order valence-electron chi connectivity index (χ3n) is 4.90. The number of anilines is 1. The van der Waals surface area contributed by atoms with Crippen LogP contribution in [0.25, 0.3) is 0 Å². The van der Waals surface area contributed by atoms with Gasteiger partial charge in [0.15, 0.2) is 11.5 Å². The van der Waals surface area contributed by atoms with E-state index in [9.17, 15) is 9.59 Å². The Morgan fingerprint density at radius 1 is 0.966 bits per heavy atom. The van der Waals surface area contributed by atoms with Crippen molar-refractivity contribution in [1.82, 2.24) is 5.32 Å². The normalized spacial score (nSPS) is 18.4. The minimum Gasteiger partial charge on any atom is -0.493 e. The van der Waals surface area contributed by atoms with Crippen LogP contribution in [0.4, 0.5) is 10.5 Å². The fourth-order valence-corrected chi connectivity index (χ4v) is 3.53. The Morgan fingerprint density at radius 2 is 1.76 bits per heavy atom. The van der Waals surface area contributed by atoms with E-state index in [0.717, 1.165) is 19.3 Å². The summed E-state index contributed by atoms with van der Waals surface area (Å²) in [7, 11) is 3.04. The van der Waals surface area contributed by atoms with Crippen molar-refractivity contribution in [3.05, 3.63) is 54.1 Å². The van der Waals surface area contributed by atoms with Crippen LogP contribution in [-0.2, 0) is 4.74 Å². The van der Waals surface area contributed by atoms with Gasteiger partial charge in [-0.2, -0.15) is 0 Å². The molecule has 7 nitrogen and oxygen atoms in total. The van der Waals surface area contributed by atoms with E-state index in [4.69, 9.17) is 14.2 Å². The van der Waals surface area contributed by atoms with E-state index in [1.54, 1.807) is 30.3 Å². The largest absolute Gasteiger partial charge is 0.493 e. The molecule has 0 radical (unpaired) electrons. The summed E-state index contributed by atoms with van der Waals surface area (Å²) in [6.45, 7) is 0. The van der Waals surface area contributed by atoms with Crippen LogP contribution in [0.15, 0.2) is 48.5 Å². The molecule has 0 aliphatic heterocycles. The second-order valence-electron chi connectivity index (χ2n) is 6.90. The SMILES string of the molecule is COc1cccc(C(=O)N[C@H]2CCC[C@H](OC(=O)Nc3ccccc3)C2)c1OC. The van der Waals surface area contributed by atoms with Crippen molar-refractivity contribution in [3.63, 3.8) is 0 Å². The summed E-state index contributed by atoms with van der Waals surface area (Å²) in [5, 5.41) is 5.75. The quantitative estimate of drug-likeness (QED) is 0.768. The summed E-state index contributed by atoms with van der Waals surface area (Å²) in [5.74, 6) is 0.668. The van der Waals surface area contributed by atoms with Crippen LogP contribution in [0, 0.1) is 0 Å². The number of para-hydroxylation sites is 2. The number of carbonyl (C=O) groups excluding carboxylic acids is 2. The summed E-state index contributed by atoms with van der Waals surface area (Å²) in [5.41, 5.74) is 1.10. The first-order valence-electron chi connectivity index (χ1n) is 9.65. The Kier molecular flexibility index (Phi) is 6.94. The third-order valence-corrected chi connectivity index (χ3v) is 4.90. The number of hydrogen-bond donors (Lipinski definition) is 2. The molecule has 1 saturated carbocycles. The molecule has 1 fully saturated rings. The van der Waals surface area contributed by atoms with Gasteiger partial charge in [0.2, 0.25) is 0 Å². The van der Waals surface area contributed by atoms with Gasteiger partial charge in [0.25, 0.3) is 5.91 Å². The molecule has 29 heavy (non-hydrogen) atoms. The van der Waals surface area contributed by atoms with Crippen LogP contribution in [0.1, 0.15) is 36.0 Å². The zero-order valence-corrected chi connectivity index (χ0v) is 16.6. The summed E-state index contributed by atoms with van der Waals surface area (Å²) in [6, 6.07) is 14.3. The zero-order chi connectivity index (χ0) is 20.6. The van der Waals surface area contributed by atoms with E-state index in [-0.39, 0.29) is 18.1 Å². The van der Waals surface area contributed by atoms with E-state index >= 15 is 0 Å². The summed E-state index contributed by atoms with van der Waals surface area (Å²) in [4.78, 5) is 24.9. The summed E-state index contributed by atoms with van der Waals surface area (Å²) >= 11 is 0. The molecule has 1 aliphatic carbocycles. The maximum absolute atomic E-state index is 12.8. The lowest BCUT2D eigenvalue weighted by Gasteiger charge is -2.29. The number of nitrogens with one attached hydrogen (secondary N) is 2. The van der Waals surface area contributed by atoms with Gasteiger partial charge in [-0.05, 0) is 43.5 Å². The Balaban J connectivity index is 1.57. The number of benzene rings is 2. The van der Waals surface area contributed by atoms with Gasteiger partial charge in [0, 0.05) is 18.2 Å². The number of ether oxygens (including phenoxy) is 3. The molecule has 0 heterocycles. The Bertz CT molecular complexity index is 840. The number of amides is 2. The highest BCUT2D eigenvalue weighted by atomic mass is 16.6. The zero-order valence-electron chi connectivity index (χ0n) is 16.6.